The number of imide groups is 2. The van der Waals surface area contributed by atoms with Crippen molar-refractivity contribution in [2.24, 2.45) is 0 Å². The minimum absolute atomic E-state index is 0.0800. The molecule has 0 aromatic heterocycles. The number of amides is 4. The van der Waals surface area contributed by atoms with Crippen LogP contribution in [-0.2, 0) is 9.59 Å². The number of hydrogen-bond acceptors (Lipinski definition) is 4. The Hall–Kier alpha value is -2.41. The maximum Gasteiger partial charge on any atom is 0.331 e. The van der Waals surface area contributed by atoms with Crippen LogP contribution in [0.3, 0.4) is 0 Å². The number of barbiturate groups is 1. The number of hydrogen-bond donors (Lipinski definition) is 1. The van der Waals surface area contributed by atoms with Crippen LogP contribution in [0.4, 0.5) is 4.79 Å². The second kappa shape index (κ2) is 8.52. The van der Waals surface area contributed by atoms with Crippen molar-refractivity contribution in [1.82, 2.24) is 10.2 Å². The van der Waals surface area contributed by atoms with Crippen LogP contribution in [0, 0.1) is 0 Å². The maximum absolute atomic E-state index is 12.8. The molecule has 0 saturated carbocycles. The van der Waals surface area contributed by atoms with Crippen LogP contribution in [0.1, 0.15) is 37.7 Å². The Kier molecular flexibility index (Phi) is 6.11. The first-order chi connectivity index (χ1) is 13.0. The van der Waals surface area contributed by atoms with E-state index in [1.54, 1.807) is 18.2 Å². The Labute approximate surface area is 166 Å². The molecule has 1 saturated heterocycles. The summed E-state index contributed by atoms with van der Waals surface area (Å²) in [6.45, 7) is 0.261. The van der Waals surface area contributed by atoms with E-state index in [4.69, 9.17) is 4.74 Å². The number of nitrogens with one attached hydrogen (secondary N) is 1. The molecule has 4 amide bonds. The van der Waals surface area contributed by atoms with Crippen molar-refractivity contribution in [3.63, 3.8) is 0 Å². The number of ether oxygens (including phenoxy) is 1. The molecule has 7 heteroatoms. The van der Waals surface area contributed by atoms with Crippen LogP contribution >= 0.6 is 15.9 Å². The van der Waals surface area contributed by atoms with Crippen LogP contribution in [0.5, 0.6) is 5.75 Å². The van der Waals surface area contributed by atoms with Gasteiger partial charge in [-0.1, -0.05) is 27.6 Å². The average Bonchev–Trinajstić information content (AvgIpc) is 2.66. The molecule has 142 valence electrons. The number of allylic oxidation sites excluding steroid dienone is 1. The van der Waals surface area contributed by atoms with Gasteiger partial charge in [-0.2, -0.15) is 0 Å². The van der Waals surface area contributed by atoms with Gasteiger partial charge in [-0.05, 0) is 56.4 Å². The lowest BCUT2D eigenvalue weighted by Crippen LogP contribution is -2.54. The standard InChI is InChI=1S/C20H21BrN2O4/c1-27-17-8-7-15(21)11-14(17)12-16-18(24)22-20(26)23(19(16)25)10-9-13-5-3-2-4-6-13/h5,7-8,11-12H,2-4,6,9-10H2,1H3,(H,22,24,26). The molecule has 0 spiro atoms. The largest absolute Gasteiger partial charge is 0.496 e. The van der Waals surface area contributed by atoms with Crippen molar-refractivity contribution in [2.45, 2.75) is 32.1 Å². The highest BCUT2D eigenvalue weighted by Gasteiger charge is 2.35. The second-order valence-electron chi connectivity index (χ2n) is 6.52. The van der Waals surface area contributed by atoms with Crippen LogP contribution in [0.15, 0.2) is 39.9 Å². The molecule has 0 unspecified atom stereocenters. The molecule has 1 heterocycles. The summed E-state index contributed by atoms with van der Waals surface area (Å²) in [6, 6.07) is 4.62. The van der Waals surface area contributed by atoms with Gasteiger partial charge < -0.3 is 4.74 Å². The van der Waals surface area contributed by atoms with Crippen molar-refractivity contribution in [3.8, 4) is 5.75 Å². The van der Waals surface area contributed by atoms with Crippen LogP contribution in [0.25, 0.3) is 6.08 Å². The second-order valence-corrected chi connectivity index (χ2v) is 7.43. The number of methoxy groups -OCH3 is 1. The van der Waals surface area contributed by atoms with Gasteiger partial charge in [-0.25, -0.2) is 4.79 Å². The smallest absolute Gasteiger partial charge is 0.331 e. The van der Waals surface area contributed by atoms with Crippen molar-refractivity contribution in [3.05, 3.63) is 45.5 Å². The third-order valence-corrected chi connectivity index (χ3v) is 5.21. The number of carbonyl (C=O) groups excluding carboxylic acids is 3. The van der Waals surface area contributed by atoms with Crippen molar-refractivity contribution in [2.75, 3.05) is 13.7 Å². The highest BCUT2D eigenvalue weighted by atomic mass is 79.9. The monoisotopic (exact) mass is 432 g/mol. The average molecular weight is 433 g/mol. The molecular weight excluding hydrogens is 412 g/mol. The molecule has 1 aromatic carbocycles. The van der Waals surface area contributed by atoms with Crippen LogP contribution in [0.2, 0.25) is 0 Å². The van der Waals surface area contributed by atoms with E-state index < -0.39 is 17.8 Å². The van der Waals surface area contributed by atoms with Gasteiger partial charge in [-0.3, -0.25) is 19.8 Å². The minimum Gasteiger partial charge on any atom is -0.496 e. The number of benzene rings is 1. The van der Waals surface area contributed by atoms with E-state index in [1.165, 1.54) is 25.2 Å². The SMILES string of the molecule is COc1ccc(Br)cc1C=C1C(=O)NC(=O)N(CCC2=CCCCC2)C1=O. The van der Waals surface area contributed by atoms with Gasteiger partial charge >= 0.3 is 6.03 Å². The van der Waals surface area contributed by atoms with Crippen molar-refractivity contribution >= 4 is 39.9 Å². The first-order valence-electron chi connectivity index (χ1n) is 8.90. The number of rotatable bonds is 5. The van der Waals surface area contributed by atoms with E-state index >= 15 is 0 Å². The lowest BCUT2D eigenvalue weighted by atomic mass is 9.97. The van der Waals surface area contributed by atoms with Gasteiger partial charge in [0, 0.05) is 16.6 Å². The topological polar surface area (TPSA) is 75.7 Å². The Morgan fingerprint density at radius 3 is 2.78 bits per heavy atom. The van der Waals surface area contributed by atoms with Crippen molar-refractivity contribution in [1.29, 1.82) is 0 Å². The maximum atomic E-state index is 12.8. The van der Waals surface area contributed by atoms with E-state index in [0.29, 0.717) is 17.7 Å². The Bertz CT molecular complexity index is 844. The Morgan fingerprint density at radius 1 is 1.26 bits per heavy atom. The Morgan fingerprint density at radius 2 is 2.07 bits per heavy atom. The van der Waals surface area contributed by atoms with Gasteiger partial charge in [0.15, 0.2) is 0 Å². The summed E-state index contributed by atoms with van der Waals surface area (Å²) < 4.78 is 6.08. The minimum atomic E-state index is -0.694. The molecule has 1 aromatic rings. The van der Waals surface area contributed by atoms with E-state index in [1.807, 2.05) is 0 Å². The van der Waals surface area contributed by atoms with E-state index in [2.05, 4.69) is 27.3 Å². The predicted octanol–water partition coefficient (Wildman–Crippen LogP) is 3.81. The summed E-state index contributed by atoms with van der Waals surface area (Å²) in [5.41, 5.74) is 1.76. The molecule has 1 aliphatic heterocycles. The summed E-state index contributed by atoms with van der Waals surface area (Å²) in [7, 11) is 1.52. The molecule has 0 radical (unpaired) electrons. The summed E-state index contributed by atoms with van der Waals surface area (Å²) in [5.74, 6) is -0.746. The molecule has 0 atom stereocenters. The first kappa shape index (κ1) is 19.4. The summed E-state index contributed by atoms with van der Waals surface area (Å²) in [6.07, 6.45) is 8.65. The fourth-order valence-corrected chi connectivity index (χ4v) is 3.64. The van der Waals surface area contributed by atoms with Crippen LogP contribution in [-0.4, -0.2) is 36.4 Å². The third kappa shape index (κ3) is 4.47. The molecular formula is C20H21BrN2O4. The summed E-state index contributed by atoms with van der Waals surface area (Å²) >= 11 is 3.37. The first-order valence-corrected chi connectivity index (χ1v) is 9.69. The van der Waals surface area contributed by atoms with Crippen LogP contribution < -0.4 is 10.1 Å². The quantitative estimate of drug-likeness (QED) is 0.435. The highest BCUT2D eigenvalue weighted by Crippen LogP contribution is 2.27. The molecule has 1 fully saturated rings. The zero-order chi connectivity index (χ0) is 19.4. The van der Waals surface area contributed by atoms with E-state index in [0.717, 1.165) is 28.6 Å². The van der Waals surface area contributed by atoms with E-state index in [-0.39, 0.29) is 12.1 Å². The molecule has 3 rings (SSSR count). The lowest BCUT2D eigenvalue weighted by molar-refractivity contribution is -0.130. The van der Waals surface area contributed by atoms with Crippen molar-refractivity contribution < 1.29 is 19.1 Å². The molecule has 6 nitrogen and oxygen atoms in total. The fraction of sp³-hybridized carbons (Fsp3) is 0.350. The number of urea groups is 1. The van der Waals surface area contributed by atoms with Gasteiger partial charge in [0.25, 0.3) is 11.8 Å². The molecule has 2 aliphatic rings. The zero-order valence-corrected chi connectivity index (χ0v) is 16.7. The number of halogens is 1. The van der Waals surface area contributed by atoms with Gasteiger partial charge in [0.1, 0.15) is 11.3 Å². The zero-order valence-electron chi connectivity index (χ0n) is 15.1. The fourth-order valence-electron chi connectivity index (χ4n) is 3.26. The molecule has 1 N–H and O–H groups in total. The molecule has 0 bridgehead atoms. The number of nitrogens with zero attached hydrogens (tertiary/aromatic N) is 1. The third-order valence-electron chi connectivity index (χ3n) is 4.72. The van der Waals surface area contributed by atoms with E-state index in [9.17, 15) is 14.4 Å². The van der Waals surface area contributed by atoms with Gasteiger partial charge in [0.05, 0.1) is 7.11 Å². The van der Waals surface area contributed by atoms with Gasteiger partial charge in [0.2, 0.25) is 0 Å². The number of carbonyl (C=O) groups is 3. The summed E-state index contributed by atoms with van der Waals surface area (Å²) in [4.78, 5) is 38.3. The highest BCUT2D eigenvalue weighted by molar-refractivity contribution is 9.10. The predicted molar refractivity (Wildman–Crippen MR) is 105 cm³/mol. The summed E-state index contributed by atoms with van der Waals surface area (Å²) in [5, 5.41) is 2.26. The normalized spacial score (nSPS) is 19.2. The lowest BCUT2D eigenvalue weighted by Gasteiger charge is -2.27. The molecule has 27 heavy (non-hydrogen) atoms. The Balaban J connectivity index is 1.84. The molecule has 1 aliphatic carbocycles. The van der Waals surface area contributed by atoms with Gasteiger partial charge in [-0.15, -0.1) is 0 Å².